The number of hydrogen-bond donors (Lipinski definition) is 0. The molecule has 4 nitrogen and oxygen atoms in total. The van der Waals surface area contributed by atoms with Crippen LogP contribution in [0.2, 0.25) is 5.02 Å². The monoisotopic (exact) mass is 223 g/mol. The number of ketones is 1. The van der Waals surface area contributed by atoms with Crippen molar-refractivity contribution in [3.8, 4) is 0 Å². The van der Waals surface area contributed by atoms with Crippen LogP contribution in [-0.4, -0.2) is 22.3 Å². The molecule has 1 aromatic heterocycles. The molecule has 0 aliphatic heterocycles. The lowest BCUT2D eigenvalue weighted by molar-refractivity contribution is -0.112. The molecule has 0 N–H and O–H groups in total. The van der Waals surface area contributed by atoms with Gasteiger partial charge in [0.25, 0.3) is 0 Å². The molecular weight excluding hydrogens is 214 g/mol. The number of rotatable bonds is 4. The van der Waals surface area contributed by atoms with Crippen molar-refractivity contribution in [2.45, 2.75) is 6.92 Å². The van der Waals surface area contributed by atoms with Crippen molar-refractivity contribution in [2.24, 2.45) is 4.99 Å². The topological polar surface area (TPSA) is 47.2 Å². The van der Waals surface area contributed by atoms with Gasteiger partial charge in [-0.1, -0.05) is 17.7 Å². The largest absolute Gasteiger partial charge is 0.295 e. The van der Waals surface area contributed by atoms with E-state index in [4.69, 9.17) is 11.6 Å². The molecule has 78 valence electrons. The van der Waals surface area contributed by atoms with Gasteiger partial charge in [0.1, 0.15) is 0 Å². The standard InChI is InChI=1S/C10H10ClN3O/c1-8(15)4-3-5-10(12-2)14-7-9(11)6-13-14/h3-7H,2H2,1H3/b4-3+,10-5+. The van der Waals surface area contributed by atoms with Gasteiger partial charge < -0.3 is 0 Å². The molecule has 0 atom stereocenters. The van der Waals surface area contributed by atoms with Crippen LogP contribution in [0.15, 0.2) is 35.6 Å². The van der Waals surface area contributed by atoms with Crippen molar-refractivity contribution in [3.05, 3.63) is 35.6 Å². The Bertz CT molecular complexity index is 432. The second-order valence-electron chi connectivity index (χ2n) is 2.76. The van der Waals surface area contributed by atoms with Crippen molar-refractivity contribution in [2.75, 3.05) is 0 Å². The van der Waals surface area contributed by atoms with Crippen LogP contribution in [0, 0.1) is 0 Å². The minimum absolute atomic E-state index is 0.0341. The molecular formula is C10H10ClN3O. The summed E-state index contributed by atoms with van der Waals surface area (Å²) in [6, 6.07) is 0. The fourth-order valence-corrected chi connectivity index (χ4v) is 1.03. The molecule has 0 spiro atoms. The first-order valence-electron chi connectivity index (χ1n) is 4.19. The Labute approximate surface area is 92.6 Å². The smallest absolute Gasteiger partial charge is 0.152 e. The van der Waals surface area contributed by atoms with E-state index in [1.165, 1.54) is 23.9 Å². The van der Waals surface area contributed by atoms with E-state index in [1.54, 1.807) is 18.3 Å². The Morgan fingerprint density at radius 3 is 2.93 bits per heavy atom. The van der Waals surface area contributed by atoms with Gasteiger partial charge in [0, 0.05) is 0 Å². The normalized spacial score (nSPS) is 12.0. The van der Waals surface area contributed by atoms with E-state index in [1.807, 2.05) is 0 Å². The molecule has 0 aliphatic rings. The van der Waals surface area contributed by atoms with E-state index in [0.717, 1.165) is 0 Å². The summed E-state index contributed by atoms with van der Waals surface area (Å²) in [5.41, 5.74) is 0. The predicted octanol–water partition coefficient (Wildman–Crippen LogP) is 2.18. The molecule has 0 bridgehead atoms. The highest BCUT2D eigenvalue weighted by molar-refractivity contribution is 6.30. The van der Waals surface area contributed by atoms with Gasteiger partial charge in [-0.15, -0.1) is 0 Å². The first-order valence-corrected chi connectivity index (χ1v) is 4.57. The van der Waals surface area contributed by atoms with Crippen LogP contribution in [0.4, 0.5) is 0 Å². The Balaban J connectivity index is 2.89. The van der Waals surface area contributed by atoms with Crippen LogP contribution in [0.3, 0.4) is 0 Å². The predicted molar refractivity (Wildman–Crippen MR) is 60.9 cm³/mol. The van der Waals surface area contributed by atoms with Crippen molar-refractivity contribution in [1.29, 1.82) is 0 Å². The number of allylic oxidation sites excluding steroid dienone is 3. The van der Waals surface area contributed by atoms with Crippen LogP contribution in [0.5, 0.6) is 0 Å². The summed E-state index contributed by atoms with van der Waals surface area (Å²) in [4.78, 5) is 14.4. The Morgan fingerprint density at radius 1 is 1.73 bits per heavy atom. The molecule has 0 unspecified atom stereocenters. The highest BCUT2D eigenvalue weighted by Gasteiger charge is 1.98. The lowest BCUT2D eigenvalue weighted by Gasteiger charge is -1.97. The van der Waals surface area contributed by atoms with Gasteiger partial charge in [-0.05, 0) is 25.8 Å². The maximum Gasteiger partial charge on any atom is 0.152 e. The number of aromatic nitrogens is 2. The van der Waals surface area contributed by atoms with Gasteiger partial charge in [-0.25, -0.2) is 9.67 Å². The summed E-state index contributed by atoms with van der Waals surface area (Å²) in [5.74, 6) is 0.465. The Kier molecular flexibility index (Phi) is 4.00. The third kappa shape index (κ3) is 3.52. The Hall–Kier alpha value is -1.68. The zero-order valence-electron chi connectivity index (χ0n) is 8.22. The maximum absolute atomic E-state index is 10.6. The summed E-state index contributed by atoms with van der Waals surface area (Å²) in [6.45, 7) is 4.87. The summed E-state index contributed by atoms with van der Waals surface area (Å²) >= 11 is 5.70. The third-order valence-corrected chi connectivity index (χ3v) is 1.72. The zero-order chi connectivity index (χ0) is 11.3. The van der Waals surface area contributed by atoms with Crippen molar-refractivity contribution in [3.63, 3.8) is 0 Å². The average molecular weight is 224 g/mol. The number of nitrogens with zero attached hydrogens (tertiary/aromatic N) is 3. The summed E-state index contributed by atoms with van der Waals surface area (Å²) in [5, 5.41) is 4.46. The Morgan fingerprint density at radius 2 is 2.47 bits per heavy atom. The van der Waals surface area contributed by atoms with Gasteiger partial charge in [-0.2, -0.15) is 5.10 Å². The molecule has 0 aromatic carbocycles. The average Bonchev–Trinajstić information content (AvgIpc) is 2.59. The fourth-order valence-electron chi connectivity index (χ4n) is 0.897. The van der Waals surface area contributed by atoms with Gasteiger partial charge >= 0.3 is 0 Å². The number of aliphatic imine (C=N–C) groups is 1. The maximum atomic E-state index is 10.6. The van der Waals surface area contributed by atoms with Crippen LogP contribution in [-0.2, 0) is 4.79 Å². The van der Waals surface area contributed by atoms with E-state index >= 15 is 0 Å². The van der Waals surface area contributed by atoms with E-state index in [0.29, 0.717) is 10.8 Å². The van der Waals surface area contributed by atoms with Gasteiger partial charge in [-0.3, -0.25) is 4.79 Å². The molecule has 0 aliphatic carbocycles. The molecule has 1 heterocycles. The minimum Gasteiger partial charge on any atom is -0.295 e. The van der Waals surface area contributed by atoms with Crippen molar-refractivity contribution < 1.29 is 4.79 Å². The summed E-state index contributed by atoms with van der Waals surface area (Å²) < 4.78 is 1.47. The molecule has 0 fully saturated rings. The van der Waals surface area contributed by atoms with Crippen LogP contribution >= 0.6 is 11.6 Å². The molecule has 0 radical (unpaired) electrons. The molecule has 0 saturated carbocycles. The number of carbonyl (C=O) groups is 1. The van der Waals surface area contributed by atoms with Gasteiger partial charge in [0.05, 0.1) is 17.4 Å². The molecule has 1 rings (SSSR count). The first kappa shape index (κ1) is 11.4. The number of carbonyl (C=O) groups excluding carboxylic acids is 1. The van der Waals surface area contributed by atoms with E-state index in [2.05, 4.69) is 16.8 Å². The third-order valence-electron chi connectivity index (χ3n) is 1.52. The van der Waals surface area contributed by atoms with Gasteiger partial charge in [0.15, 0.2) is 11.6 Å². The fraction of sp³-hybridized carbons (Fsp3) is 0.100. The second-order valence-corrected chi connectivity index (χ2v) is 3.19. The molecule has 5 heteroatoms. The van der Waals surface area contributed by atoms with E-state index in [9.17, 15) is 4.79 Å². The van der Waals surface area contributed by atoms with Gasteiger partial charge in [0.2, 0.25) is 0 Å². The van der Waals surface area contributed by atoms with E-state index < -0.39 is 0 Å². The summed E-state index contributed by atoms with van der Waals surface area (Å²) in [7, 11) is 0. The number of hydrogen-bond acceptors (Lipinski definition) is 3. The molecule has 0 amide bonds. The lowest BCUT2D eigenvalue weighted by atomic mass is 10.4. The first-order chi connectivity index (χ1) is 7.13. The lowest BCUT2D eigenvalue weighted by Crippen LogP contribution is -1.93. The highest BCUT2D eigenvalue weighted by atomic mass is 35.5. The minimum atomic E-state index is -0.0341. The molecule has 1 aromatic rings. The van der Waals surface area contributed by atoms with Crippen molar-refractivity contribution in [1.82, 2.24) is 9.78 Å². The highest BCUT2D eigenvalue weighted by Crippen LogP contribution is 2.10. The zero-order valence-corrected chi connectivity index (χ0v) is 8.98. The van der Waals surface area contributed by atoms with E-state index in [-0.39, 0.29) is 5.78 Å². The number of halogens is 1. The van der Waals surface area contributed by atoms with Crippen LogP contribution in [0.1, 0.15) is 6.92 Å². The second kappa shape index (κ2) is 5.26. The van der Waals surface area contributed by atoms with Crippen LogP contribution in [0.25, 0.3) is 5.82 Å². The van der Waals surface area contributed by atoms with Crippen molar-refractivity contribution >= 4 is 29.9 Å². The quantitative estimate of drug-likeness (QED) is 0.446. The molecule has 15 heavy (non-hydrogen) atoms. The van der Waals surface area contributed by atoms with Crippen LogP contribution < -0.4 is 0 Å². The SMILES string of the molecule is C=N/C(=C\C=C\C(C)=O)n1cc(Cl)cn1. The molecule has 0 saturated heterocycles. The summed E-state index contributed by atoms with van der Waals surface area (Å²) in [6.07, 6.45) is 7.73.